The van der Waals surface area contributed by atoms with Crippen molar-refractivity contribution in [3.63, 3.8) is 0 Å². The molecule has 16 heavy (non-hydrogen) atoms. The molecule has 0 aliphatic rings. The summed E-state index contributed by atoms with van der Waals surface area (Å²) in [5, 5.41) is 0. The molecule has 2 N–H and O–H groups in total. The lowest BCUT2D eigenvalue weighted by molar-refractivity contribution is 0.0601. The van der Waals surface area contributed by atoms with Crippen molar-refractivity contribution in [1.82, 2.24) is 9.97 Å². The molecule has 1 aromatic rings. The molecule has 1 heterocycles. The number of aromatic nitrogens is 2. The zero-order chi connectivity index (χ0) is 12.1. The molecule has 0 bridgehead atoms. The highest BCUT2D eigenvalue weighted by molar-refractivity contribution is 5.93. The Balaban J connectivity index is 3.03. The third kappa shape index (κ3) is 2.39. The van der Waals surface area contributed by atoms with Crippen LogP contribution in [0.1, 0.15) is 24.2 Å². The normalized spacial score (nSPS) is 9.94. The lowest BCUT2D eigenvalue weighted by Gasteiger charge is -2.18. The molecule has 0 atom stereocenters. The van der Waals surface area contributed by atoms with E-state index >= 15 is 0 Å². The van der Waals surface area contributed by atoms with Crippen LogP contribution in [0, 0.1) is 0 Å². The average molecular weight is 224 g/mol. The Hall–Kier alpha value is -1.85. The Morgan fingerprint density at radius 3 is 2.56 bits per heavy atom. The number of methoxy groups -OCH3 is 1. The van der Waals surface area contributed by atoms with E-state index in [-0.39, 0.29) is 11.4 Å². The van der Waals surface area contributed by atoms with E-state index in [0.717, 1.165) is 13.1 Å². The van der Waals surface area contributed by atoms with Crippen LogP contribution in [0.4, 0.5) is 11.8 Å². The van der Waals surface area contributed by atoms with Gasteiger partial charge in [0.2, 0.25) is 5.95 Å². The summed E-state index contributed by atoms with van der Waals surface area (Å²) in [6.07, 6.45) is 1.39. The molecule has 0 fully saturated rings. The number of ether oxygens (including phenoxy) is 1. The van der Waals surface area contributed by atoms with Crippen molar-refractivity contribution in [3.8, 4) is 0 Å². The molecular formula is C10H16N4O2. The second-order valence-corrected chi connectivity index (χ2v) is 3.13. The van der Waals surface area contributed by atoms with Crippen LogP contribution in [-0.4, -0.2) is 36.1 Å². The van der Waals surface area contributed by atoms with Crippen LogP contribution in [0.25, 0.3) is 0 Å². The predicted molar refractivity (Wildman–Crippen MR) is 61.3 cm³/mol. The van der Waals surface area contributed by atoms with E-state index in [1.807, 2.05) is 18.7 Å². The average Bonchev–Trinajstić information content (AvgIpc) is 2.30. The predicted octanol–water partition coefficient (Wildman–Crippen LogP) is 0.692. The Morgan fingerprint density at radius 1 is 1.50 bits per heavy atom. The molecule has 6 nitrogen and oxygen atoms in total. The van der Waals surface area contributed by atoms with Crippen molar-refractivity contribution in [2.24, 2.45) is 0 Å². The lowest BCUT2D eigenvalue weighted by atomic mass is 10.3. The van der Waals surface area contributed by atoms with Gasteiger partial charge in [0.05, 0.1) is 7.11 Å². The van der Waals surface area contributed by atoms with Gasteiger partial charge in [-0.2, -0.15) is 4.98 Å². The summed E-state index contributed by atoms with van der Waals surface area (Å²) in [4.78, 5) is 21.4. The summed E-state index contributed by atoms with van der Waals surface area (Å²) in [5.74, 6) is 0.141. The van der Waals surface area contributed by atoms with E-state index in [1.165, 1.54) is 13.3 Å². The molecule has 0 radical (unpaired) electrons. The number of carbonyl (C=O) groups excluding carboxylic acids is 1. The van der Waals surface area contributed by atoms with Gasteiger partial charge >= 0.3 is 5.97 Å². The quantitative estimate of drug-likeness (QED) is 0.758. The van der Waals surface area contributed by atoms with Crippen molar-refractivity contribution in [1.29, 1.82) is 0 Å². The van der Waals surface area contributed by atoms with Gasteiger partial charge in [-0.15, -0.1) is 0 Å². The fourth-order valence-corrected chi connectivity index (χ4v) is 1.31. The van der Waals surface area contributed by atoms with Gasteiger partial charge in [0.25, 0.3) is 0 Å². The molecule has 0 amide bonds. The molecule has 0 saturated carbocycles. The van der Waals surface area contributed by atoms with Crippen molar-refractivity contribution in [3.05, 3.63) is 11.8 Å². The van der Waals surface area contributed by atoms with Gasteiger partial charge in [0.15, 0.2) is 0 Å². The van der Waals surface area contributed by atoms with Crippen LogP contribution in [0.5, 0.6) is 0 Å². The topological polar surface area (TPSA) is 81.3 Å². The molecule has 0 saturated heterocycles. The second-order valence-electron chi connectivity index (χ2n) is 3.13. The fourth-order valence-electron chi connectivity index (χ4n) is 1.31. The van der Waals surface area contributed by atoms with Crippen LogP contribution in [0.3, 0.4) is 0 Å². The SMILES string of the molecule is CCN(CC)c1ncc(C(=O)OC)c(N)n1. The third-order valence-corrected chi connectivity index (χ3v) is 2.26. The molecule has 88 valence electrons. The summed E-state index contributed by atoms with van der Waals surface area (Å²) in [6, 6.07) is 0. The van der Waals surface area contributed by atoms with E-state index in [0.29, 0.717) is 5.95 Å². The summed E-state index contributed by atoms with van der Waals surface area (Å²) in [6.45, 7) is 5.57. The second kappa shape index (κ2) is 5.29. The number of nitrogens with zero attached hydrogens (tertiary/aromatic N) is 3. The first-order chi connectivity index (χ1) is 7.63. The zero-order valence-electron chi connectivity index (χ0n) is 9.73. The highest BCUT2D eigenvalue weighted by atomic mass is 16.5. The molecule has 0 unspecified atom stereocenters. The maximum Gasteiger partial charge on any atom is 0.343 e. The number of hydrogen-bond acceptors (Lipinski definition) is 6. The van der Waals surface area contributed by atoms with Gasteiger partial charge in [0.1, 0.15) is 11.4 Å². The summed E-state index contributed by atoms with van der Waals surface area (Å²) in [7, 11) is 1.29. The molecule has 1 aromatic heterocycles. The van der Waals surface area contributed by atoms with Crippen LogP contribution >= 0.6 is 0 Å². The monoisotopic (exact) mass is 224 g/mol. The first kappa shape index (κ1) is 12.2. The summed E-state index contributed by atoms with van der Waals surface area (Å²) >= 11 is 0. The Morgan fingerprint density at radius 2 is 2.12 bits per heavy atom. The summed E-state index contributed by atoms with van der Waals surface area (Å²) in [5.41, 5.74) is 5.86. The number of nitrogens with two attached hydrogens (primary N) is 1. The van der Waals surface area contributed by atoms with Gasteiger partial charge in [-0.1, -0.05) is 0 Å². The van der Waals surface area contributed by atoms with E-state index < -0.39 is 5.97 Å². The van der Waals surface area contributed by atoms with Crippen LogP contribution in [-0.2, 0) is 4.74 Å². The zero-order valence-corrected chi connectivity index (χ0v) is 9.73. The van der Waals surface area contributed by atoms with Gasteiger partial charge in [-0.3, -0.25) is 0 Å². The number of hydrogen-bond donors (Lipinski definition) is 1. The van der Waals surface area contributed by atoms with Gasteiger partial charge in [-0.25, -0.2) is 9.78 Å². The van der Waals surface area contributed by atoms with E-state index in [4.69, 9.17) is 5.73 Å². The molecular weight excluding hydrogens is 208 g/mol. The standard InChI is InChI=1S/C10H16N4O2/c1-4-14(5-2)10-12-6-7(8(11)13-10)9(15)16-3/h6H,4-5H2,1-3H3,(H2,11,12,13). The summed E-state index contributed by atoms with van der Waals surface area (Å²) < 4.78 is 4.56. The fraction of sp³-hybridized carbons (Fsp3) is 0.500. The third-order valence-electron chi connectivity index (χ3n) is 2.26. The molecule has 0 aliphatic carbocycles. The highest BCUT2D eigenvalue weighted by Gasteiger charge is 2.14. The number of carbonyl (C=O) groups is 1. The maximum atomic E-state index is 11.3. The molecule has 0 aromatic carbocycles. The lowest BCUT2D eigenvalue weighted by Crippen LogP contribution is -2.25. The molecule has 6 heteroatoms. The number of nitrogen functional groups attached to an aromatic ring is 1. The van der Waals surface area contributed by atoms with Crippen molar-refractivity contribution < 1.29 is 9.53 Å². The molecule has 0 spiro atoms. The van der Waals surface area contributed by atoms with Gasteiger partial charge in [-0.05, 0) is 13.8 Å². The minimum Gasteiger partial charge on any atom is -0.465 e. The highest BCUT2D eigenvalue weighted by Crippen LogP contribution is 2.13. The van der Waals surface area contributed by atoms with Crippen LogP contribution in [0.15, 0.2) is 6.20 Å². The molecule has 1 rings (SSSR count). The molecule has 0 aliphatic heterocycles. The Labute approximate surface area is 94.4 Å². The minimum absolute atomic E-state index is 0.142. The van der Waals surface area contributed by atoms with Crippen molar-refractivity contribution in [2.45, 2.75) is 13.8 Å². The minimum atomic E-state index is -0.524. The first-order valence-electron chi connectivity index (χ1n) is 5.09. The Kier molecular flexibility index (Phi) is 4.04. The van der Waals surface area contributed by atoms with Crippen LogP contribution in [0.2, 0.25) is 0 Å². The van der Waals surface area contributed by atoms with Crippen molar-refractivity contribution in [2.75, 3.05) is 30.8 Å². The Bertz CT molecular complexity index is 377. The first-order valence-corrected chi connectivity index (χ1v) is 5.09. The smallest absolute Gasteiger partial charge is 0.343 e. The maximum absolute atomic E-state index is 11.3. The van der Waals surface area contributed by atoms with E-state index in [2.05, 4.69) is 14.7 Å². The largest absolute Gasteiger partial charge is 0.465 e. The van der Waals surface area contributed by atoms with E-state index in [9.17, 15) is 4.79 Å². The number of rotatable bonds is 4. The number of esters is 1. The van der Waals surface area contributed by atoms with Crippen LogP contribution < -0.4 is 10.6 Å². The van der Waals surface area contributed by atoms with E-state index in [1.54, 1.807) is 0 Å². The van der Waals surface area contributed by atoms with Gasteiger partial charge < -0.3 is 15.4 Å². The van der Waals surface area contributed by atoms with Crippen molar-refractivity contribution >= 4 is 17.7 Å². The van der Waals surface area contributed by atoms with Gasteiger partial charge in [0, 0.05) is 19.3 Å². The number of anilines is 2.